The number of nitrogens with one attached hydrogen (secondary N) is 2. The Morgan fingerprint density at radius 1 is 0.943 bits per heavy atom. The number of fused-ring (bicyclic) bond motifs is 2. The molecule has 5 rings (SSSR count). The Bertz CT molecular complexity index is 1460. The minimum absolute atomic E-state index is 0.325. The summed E-state index contributed by atoms with van der Waals surface area (Å²) >= 11 is 1.41. The van der Waals surface area contributed by atoms with E-state index >= 15 is 0 Å². The maximum atomic E-state index is 13.6. The van der Waals surface area contributed by atoms with Crippen molar-refractivity contribution >= 4 is 45.1 Å². The molecule has 0 saturated heterocycles. The molecule has 8 heteroatoms. The average Bonchev–Trinajstić information content (AvgIpc) is 3.44. The third-order valence-corrected chi connectivity index (χ3v) is 7.24. The molecule has 4 amide bonds. The van der Waals surface area contributed by atoms with E-state index in [1.165, 1.54) is 16.2 Å². The number of pyridine rings is 1. The molecule has 1 aliphatic carbocycles. The van der Waals surface area contributed by atoms with Crippen molar-refractivity contribution in [3.05, 3.63) is 82.2 Å². The van der Waals surface area contributed by atoms with E-state index in [0.717, 1.165) is 40.7 Å². The fourth-order valence-electron chi connectivity index (χ4n) is 4.29. The number of anilines is 1. The highest BCUT2D eigenvalue weighted by molar-refractivity contribution is 7.17. The SMILES string of the molecule is CN(C)C(=O)NC(=O)c1c(NC(=O)c2cc(-c3ccccc3)nc3ccccc23)sc2c1CCC2. The number of imide groups is 1. The van der Waals surface area contributed by atoms with Crippen molar-refractivity contribution < 1.29 is 14.4 Å². The van der Waals surface area contributed by atoms with Gasteiger partial charge >= 0.3 is 6.03 Å². The standard InChI is InChI=1S/C27H24N4O3S/c1-31(2)27(34)30-25(33)23-18-12-8-14-22(18)35-26(23)29-24(32)19-15-21(16-9-4-3-5-10-16)28-20-13-7-6-11-17(19)20/h3-7,9-11,13,15H,8,12,14H2,1-2H3,(H,29,32)(H,30,33,34). The zero-order valence-corrected chi connectivity index (χ0v) is 20.2. The number of hydrogen-bond acceptors (Lipinski definition) is 5. The molecule has 0 bridgehead atoms. The van der Waals surface area contributed by atoms with Crippen LogP contribution in [0.1, 0.15) is 37.6 Å². The number of benzene rings is 2. The maximum absolute atomic E-state index is 13.6. The van der Waals surface area contributed by atoms with Crippen molar-refractivity contribution in [2.45, 2.75) is 19.3 Å². The molecular weight excluding hydrogens is 460 g/mol. The molecule has 2 N–H and O–H groups in total. The minimum atomic E-state index is -0.502. The summed E-state index contributed by atoms with van der Waals surface area (Å²) in [6, 6.07) is 18.5. The molecule has 0 radical (unpaired) electrons. The Morgan fingerprint density at radius 2 is 1.69 bits per heavy atom. The van der Waals surface area contributed by atoms with Crippen LogP contribution in [0.2, 0.25) is 0 Å². The van der Waals surface area contributed by atoms with Gasteiger partial charge in [0.15, 0.2) is 0 Å². The van der Waals surface area contributed by atoms with Crippen LogP contribution in [0.3, 0.4) is 0 Å². The molecule has 0 atom stereocenters. The number of carbonyl (C=O) groups excluding carboxylic acids is 3. The molecule has 0 spiro atoms. The van der Waals surface area contributed by atoms with Crippen LogP contribution in [0, 0.1) is 0 Å². The lowest BCUT2D eigenvalue weighted by molar-refractivity contribution is 0.0957. The Hall–Kier alpha value is -4.04. The molecule has 0 unspecified atom stereocenters. The fraction of sp³-hybridized carbons (Fsp3) is 0.185. The third kappa shape index (κ3) is 4.40. The van der Waals surface area contributed by atoms with E-state index in [1.54, 1.807) is 20.2 Å². The number of thiophene rings is 1. The lowest BCUT2D eigenvalue weighted by Gasteiger charge is -2.13. The van der Waals surface area contributed by atoms with Crippen molar-refractivity contribution in [1.29, 1.82) is 0 Å². The van der Waals surface area contributed by atoms with Crippen LogP contribution in [-0.2, 0) is 12.8 Å². The van der Waals surface area contributed by atoms with Crippen LogP contribution in [0.4, 0.5) is 9.80 Å². The van der Waals surface area contributed by atoms with E-state index in [2.05, 4.69) is 10.6 Å². The van der Waals surface area contributed by atoms with Crippen LogP contribution in [-0.4, -0.2) is 41.8 Å². The van der Waals surface area contributed by atoms with Gasteiger partial charge in [-0.2, -0.15) is 0 Å². The van der Waals surface area contributed by atoms with E-state index in [1.807, 2.05) is 54.6 Å². The summed E-state index contributed by atoms with van der Waals surface area (Å²) < 4.78 is 0. The van der Waals surface area contributed by atoms with Gasteiger partial charge in [0.05, 0.1) is 22.3 Å². The Morgan fingerprint density at radius 3 is 2.46 bits per heavy atom. The topological polar surface area (TPSA) is 91.4 Å². The first-order valence-corrected chi connectivity index (χ1v) is 12.2. The monoisotopic (exact) mass is 484 g/mol. The molecule has 2 aromatic carbocycles. The maximum Gasteiger partial charge on any atom is 0.323 e. The Balaban J connectivity index is 1.54. The molecule has 176 valence electrons. The first-order valence-electron chi connectivity index (χ1n) is 11.4. The minimum Gasteiger partial charge on any atom is -0.331 e. The van der Waals surface area contributed by atoms with Gasteiger partial charge in [0, 0.05) is 29.9 Å². The highest BCUT2D eigenvalue weighted by atomic mass is 32.1. The zero-order chi connectivity index (χ0) is 24.5. The number of hydrogen-bond donors (Lipinski definition) is 2. The van der Waals surface area contributed by atoms with Crippen molar-refractivity contribution in [2.24, 2.45) is 0 Å². The van der Waals surface area contributed by atoms with Gasteiger partial charge in [0.2, 0.25) is 0 Å². The second-order valence-corrected chi connectivity index (χ2v) is 9.71. The quantitative estimate of drug-likeness (QED) is 0.421. The molecule has 2 aromatic heterocycles. The molecule has 7 nitrogen and oxygen atoms in total. The van der Waals surface area contributed by atoms with Crippen molar-refractivity contribution in [2.75, 3.05) is 19.4 Å². The largest absolute Gasteiger partial charge is 0.331 e. The Labute approximate surface area is 206 Å². The predicted molar refractivity (Wildman–Crippen MR) is 138 cm³/mol. The second-order valence-electron chi connectivity index (χ2n) is 8.61. The summed E-state index contributed by atoms with van der Waals surface area (Å²) in [6.07, 6.45) is 2.55. The molecule has 0 aliphatic heterocycles. The average molecular weight is 485 g/mol. The van der Waals surface area contributed by atoms with E-state index < -0.39 is 11.9 Å². The van der Waals surface area contributed by atoms with E-state index in [0.29, 0.717) is 27.3 Å². The van der Waals surface area contributed by atoms with Crippen LogP contribution in [0.5, 0.6) is 0 Å². The first kappa shape index (κ1) is 22.7. The van der Waals surface area contributed by atoms with Crippen LogP contribution in [0.15, 0.2) is 60.7 Å². The summed E-state index contributed by atoms with van der Waals surface area (Å²) in [5.74, 6) is -0.823. The van der Waals surface area contributed by atoms with E-state index in [4.69, 9.17) is 4.98 Å². The highest BCUT2D eigenvalue weighted by Gasteiger charge is 2.29. The van der Waals surface area contributed by atoms with Crippen LogP contribution >= 0.6 is 11.3 Å². The smallest absolute Gasteiger partial charge is 0.323 e. The molecule has 2 heterocycles. The van der Waals surface area contributed by atoms with Crippen molar-refractivity contribution in [3.8, 4) is 11.3 Å². The van der Waals surface area contributed by atoms with Gasteiger partial charge in [-0.1, -0.05) is 48.5 Å². The molecule has 0 saturated carbocycles. The van der Waals surface area contributed by atoms with Gasteiger partial charge in [0.1, 0.15) is 5.00 Å². The Kier molecular flexibility index (Phi) is 6.05. The number of carbonyl (C=O) groups is 3. The fourth-order valence-corrected chi connectivity index (χ4v) is 5.58. The molecule has 1 aliphatic rings. The lowest BCUT2D eigenvalue weighted by atomic mass is 10.0. The summed E-state index contributed by atoms with van der Waals surface area (Å²) in [4.78, 5) is 45.9. The van der Waals surface area contributed by atoms with Crippen LogP contribution in [0.25, 0.3) is 22.2 Å². The number of aromatic nitrogens is 1. The number of aryl methyl sites for hydroxylation is 1. The lowest BCUT2D eigenvalue weighted by Crippen LogP contribution is -2.39. The second kappa shape index (κ2) is 9.31. The normalized spacial score (nSPS) is 12.3. The summed E-state index contributed by atoms with van der Waals surface area (Å²) in [7, 11) is 3.14. The summed E-state index contributed by atoms with van der Waals surface area (Å²) in [5.41, 5.74) is 4.08. The summed E-state index contributed by atoms with van der Waals surface area (Å²) in [6.45, 7) is 0. The van der Waals surface area contributed by atoms with Crippen molar-refractivity contribution in [1.82, 2.24) is 15.2 Å². The molecule has 35 heavy (non-hydrogen) atoms. The molecule has 4 aromatic rings. The van der Waals surface area contributed by atoms with Gasteiger partial charge in [-0.05, 0) is 37.0 Å². The van der Waals surface area contributed by atoms with Gasteiger partial charge < -0.3 is 10.2 Å². The van der Waals surface area contributed by atoms with E-state index in [9.17, 15) is 14.4 Å². The molecular formula is C27H24N4O3S. The van der Waals surface area contributed by atoms with Crippen LogP contribution < -0.4 is 10.6 Å². The number of para-hydroxylation sites is 1. The highest BCUT2D eigenvalue weighted by Crippen LogP contribution is 2.39. The van der Waals surface area contributed by atoms with Crippen molar-refractivity contribution in [3.63, 3.8) is 0 Å². The number of urea groups is 1. The van der Waals surface area contributed by atoms with Gasteiger partial charge in [-0.3, -0.25) is 14.9 Å². The van der Waals surface area contributed by atoms with Gasteiger partial charge in [-0.15, -0.1) is 11.3 Å². The number of amides is 4. The number of rotatable bonds is 4. The third-order valence-electron chi connectivity index (χ3n) is 6.03. The van der Waals surface area contributed by atoms with E-state index in [-0.39, 0.29) is 5.91 Å². The van der Waals surface area contributed by atoms with Gasteiger partial charge in [-0.25, -0.2) is 9.78 Å². The molecule has 0 fully saturated rings. The first-order chi connectivity index (χ1) is 16.9. The predicted octanol–water partition coefficient (Wildman–Crippen LogP) is 5.12. The van der Waals surface area contributed by atoms with Gasteiger partial charge in [0.25, 0.3) is 11.8 Å². The number of nitrogens with zero attached hydrogens (tertiary/aromatic N) is 2. The summed E-state index contributed by atoms with van der Waals surface area (Å²) in [5, 5.41) is 6.58. The zero-order valence-electron chi connectivity index (χ0n) is 19.4.